The Hall–Kier alpha value is -1.37. The first-order valence-electron chi connectivity index (χ1n) is 7.59. The Labute approximate surface area is 126 Å². The highest BCUT2D eigenvalue weighted by Gasteiger charge is 2.32. The van der Waals surface area contributed by atoms with Crippen molar-refractivity contribution in [1.82, 2.24) is 9.97 Å². The van der Waals surface area contributed by atoms with E-state index in [4.69, 9.17) is 0 Å². The molecule has 1 aliphatic heterocycles. The van der Waals surface area contributed by atoms with Crippen LogP contribution in [0.4, 0.5) is 11.8 Å². The van der Waals surface area contributed by atoms with Gasteiger partial charge >= 0.3 is 0 Å². The van der Waals surface area contributed by atoms with Gasteiger partial charge in [0, 0.05) is 25.3 Å². The molecule has 1 fully saturated rings. The van der Waals surface area contributed by atoms with Crippen LogP contribution in [0.15, 0.2) is 12.3 Å². The van der Waals surface area contributed by atoms with Crippen molar-refractivity contribution < 1.29 is 8.42 Å². The second kappa shape index (κ2) is 7.06. The average Bonchev–Trinajstić information content (AvgIpc) is 2.81. The van der Waals surface area contributed by atoms with Crippen molar-refractivity contribution in [1.29, 1.82) is 0 Å². The zero-order valence-electron chi connectivity index (χ0n) is 12.7. The standard InChI is InChI=1S/C14H24N4O2S/c1-3-5-8-15-13-6-9-16-14(17-13)18(4-2)12-7-10-21(19,20)11-12/h6,9,12H,3-5,7-8,10-11H2,1-2H3,(H,15,16,17). The third kappa shape index (κ3) is 4.30. The minimum atomic E-state index is -2.90. The van der Waals surface area contributed by atoms with Crippen molar-refractivity contribution in [3.8, 4) is 0 Å². The monoisotopic (exact) mass is 312 g/mol. The molecular weight excluding hydrogens is 288 g/mol. The van der Waals surface area contributed by atoms with Crippen LogP contribution in [0.25, 0.3) is 0 Å². The number of hydrogen-bond acceptors (Lipinski definition) is 6. The van der Waals surface area contributed by atoms with Crippen LogP contribution in [-0.2, 0) is 9.84 Å². The summed E-state index contributed by atoms with van der Waals surface area (Å²) in [6, 6.07) is 1.84. The Morgan fingerprint density at radius 1 is 1.43 bits per heavy atom. The normalized spacial score (nSPS) is 20.4. The van der Waals surface area contributed by atoms with Gasteiger partial charge in [0.05, 0.1) is 11.5 Å². The summed E-state index contributed by atoms with van der Waals surface area (Å²) in [5, 5.41) is 3.28. The van der Waals surface area contributed by atoms with E-state index in [1.54, 1.807) is 6.20 Å². The number of aromatic nitrogens is 2. The molecule has 2 rings (SSSR count). The van der Waals surface area contributed by atoms with Crippen LogP contribution in [0.2, 0.25) is 0 Å². The van der Waals surface area contributed by atoms with E-state index in [-0.39, 0.29) is 17.5 Å². The minimum Gasteiger partial charge on any atom is -0.370 e. The molecule has 0 aliphatic carbocycles. The lowest BCUT2D eigenvalue weighted by molar-refractivity contribution is 0.599. The van der Waals surface area contributed by atoms with E-state index in [0.717, 1.165) is 25.2 Å². The zero-order chi connectivity index (χ0) is 15.3. The molecule has 0 saturated carbocycles. The van der Waals surface area contributed by atoms with E-state index in [2.05, 4.69) is 22.2 Å². The fourth-order valence-electron chi connectivity index (χ4n) is 2.56. The fraction of sp³-hybridized carbons (Fsp3) is 0.714. The number of unbranched alkanes of at least 4 members (excludes halogenated alkanes) is 1. The molecule has 1 atom stereocenters. The molecule has 118 valence electrons. The predicted molar refractivity (Wildman–Crippen MR) is 85.5 cm³/mol. The van der Waals surface area contributed by atoms with Gasteiger partial charge in [0.2, 0.25) is 5.95 Å². The first kappa shape index (κ1) is 16.0. The predicted octanol–water partition coefficient (Wildman–Crippen LogP) is 1.70. The quantitative estimate of drug-likeness (QED) is 0.772. The number of nitrogens with one attached hydrogen (secondary N) is 1. The van der Waals surface area contributed by atoms with E-state index < -0.39 is 9.84 Å². The second-order valence-electron chi connectivity index (χ2n) is 5.37. The van der Waals surface area contributed by atoms with E-state index >= 15 is 0 Å². The van der Waals surface area contributed by atoms with Crippen LogP contribution < -0.4 is 10.2 Å². The summed E-state index contributed by atoms with van der Waals surface area (Å²) in [5.41, 5.74) is 0. The lowest BCUT2D eigenvalue weighted by Gasteiger charge is -2.26. The maximum absolute atomic E-state index is 11.7. The minimum absolute atomic E-state index is 0.00843. The Balaban J connectivity index is 2.09. The molecule has 0 amide bonds. The molecule has 0 bridgehead atoms. The van der Waals surface area contributed by atoms with Crippen LogP contribution in [0, 0.1) is 0 Å². The van der Waals surface area contributed by atoms with E-state index in [9.17, 15) is 8.42 Å². The van der Waals surface area contributed by atoms with E-state index in [1.165, 1.54) is 0 Å². The third-order valence-corrected chi connectivity index (χ3v) is 5.48. The fourth-order valence-corrected chi connectivity index (χ4v) is 4.29. The average molecular weight is 312 g/mol. The summed E-state index contributed by atoms with van der Waals surface area (Å²) in [7, 11) is -2.90. The molecule has 2 heterocycles. The van der Waals surface area contributed by atoms with Crippen molar-refractivity contribution in [2.24, 2.45) is 0 Å². The van der Waals surface area contributed by atoms with E-state index in [0.29, 0.717) is 18.9 Å². The lowest BCUT2D eigenvalue weighted by atomic mass is 10.2. The van der Waals surface area contributed by atoms with Crippen LogP contribution in [0.3, 0.4) is 0 Å². The highest BCUT2D eigenvalue weighted by Crippen LogP contribution is 2.22. The van der Waals surface area contributed by atoms with Crippen molar-refractivity contribution in [2.45, 2.75) is 39.2 Å². The van der Waals surface area contributed by atoms with Crippen LogP contribution >= 0.6 is 0 Å². The highest BCUT2D eigenvalue weighted by atomic mass is 32.2. The van der Waals surface area contributed by atoms with Gasteiger partial charge in [0.1, 0.15) is 5.82 Å². The molecule has 1 aromatic rings. The zero-order valence-corrected chi connectivity index (χ0v) is 13.6. The number of anilines is 2. The van der Waals surface area contributed by atoms with E-state index in [1.807, 2.05) is 17.9 Å². The van der Waals surface area contributed by atoms with Gasteiger partial charge in [-0.15, -0.1) is 0 Å². The Bertz CT molecular complexity index is 562. The van der Waals surface area contributed by atoms with Gasteiger partial charge in [-0.05, 0) is 25.8 Å². The number of hydrogen-bond donors (Lipinski definition) is 1. The van der Waals surface area contributed by atoms with Crippen LogP contribution in [0.1, 0.15) is 33.1 Å². The largest absolute Gasteiger partial charge is 0.370 e. The molecule has 0 aromatic carbocycles. The summed E-state index contributed by atoms with van der Waals surface area (Å²) in [6.07, 6.45) is 4.61. The highest BCUT2D eigenvalue weighted by molar-refractivity contribution is 7.91. The van der Waals surface area contributed by atoms with Crippen molar-refractivity contribution in [3.63, 3.8) is 0 Å². The van der Waals surface area contributed by atoms with Gasteiger partial charge in [-0.3, -0.25) is 0 Å². The molecule has 0 spiro atoms. The van der Waals surface area contributed by atoms with Crippen molar-refractivity contribution in [2.75, 3.05) is 34.8 Å². The van der Waals surface area contributed by atoms with Crippen molar-refractivity contribution >= 4 is 21.6 Å². The molecule has 1 N–H and O–H groups in total. The summed E-state index contributed by atoms with van der Waals surface area (Å²) >= 11 is 0. The number of nitrogens with zero attached hydrogens (tertiary/aromatic N) is 3. The topological polar surface area (TPSA) is 75.2 Å². The molecule has 21 heavy (non-hydrogen) atoms. The van der Waals surface area contributed by atoms with Crippen molar-refractivity contribution in [3.05, 3.63) is 12.3 Å². The second-order valence-corrected chi connectivity index (χ2v) is 7.59. The van der Waals surface area contributed by atoms with Gasteiger partial charge in [-0.1, -0.05) is 13.3 Å². The maximum atomic E-state index is 11.7. The summed E-state index contributed by atoms with van der Waals surface area (Å²) in [4.78, 5) is 10.8. The number of rotatable bonds is 7. The number of sulfone groups is 1. The first-order chi connectivity index (χ1) is 10.1. The summed E-state index contributed by atoms with van der Waals surface area (Å²) in [5.74, 6) is 1.88. The van der Waals surface area contributed by atoms with Gasteiger partial charge < -0.3 is 10.2 Å². The Kier molecular flexibility index (Phi) is 5.39. The molecule has 1 aromatic heterocycles. The molecule has 6 nitrogen and oxygen atoms in total. The smallest absolute Gasteiger partial charge is 0.227 e. The Morgan fingerprint density at radius 3 is 2.86 bits per heavy atom. The summed E-state index contributed by atoms with van der Waals surface area (Å²) in [6.45, 7) is 5.74. The molecule has 1 saturated heterocycles. The summed E-state index contributed by atoms with van der Waals surface area (Å²) < 4.78 is 23.3. The van der Waals surface area contributed by atoms with Gasteiger partial charge in [0.25, 0.3) is 0 Å². The molecular formula is C14H24N4O2S. The molecule has 0 radical (unpaired) electrons. The molecule has 1 aliphatic rings. The Morgan fingerprint density at radius 2 is 2.24 bits per heavy atom. The van der Waals surface area contributed by atoms with Gasteiger partial charge in [-0.25, -0.2) is 13.4 Å². The molecule has 1 unspecified atom stereocenters. The van der Waals surface area contributed by atoms with Gasteiger partial charge in [0.15, 0.2) is 9.84 Å². The maximum Gasteiger partial charge on any atom is 0.227 e. The first-order valence-corrected chi connectivity index (χ1v) is 9.42. The lowest BCUT2D eigenvalue weighted by Crippen LogP contribution is -2.37. The molecule has 7 heteroatoms. The third-order valence-electron chi connectivity index (χ3n) is 3.73. The van der Waals surface area contributed by atoms with Crippen LogP contribution in [-0.4, -0.2) is 49.0 Å². The SMILES string of the molecule is CCCCNc1ccnc(N(CC)C2CCS(=O)(=O)C2)n1. The van der Waals surface area contributed by atoms with Crippen LogP contribution in [0.5, 0.6) is 0 Å². The van der Waals surface area contributed by atoms with Gasteiger partial charge in [-0.2, -0.15) is 4.98 Å².